The Labute approximate surface area is 152 Å². The van der Waals surface area contributed by atoms with Crippen LogP contribution < -0.4 is 9.47 Å². The van der Waals surface area contributed by atoms with E-state index < -0.39 is 12.1 Å². The molecule has 5 nitrogen and oxygen atoms in total. The van der Waals surface area contributed by atoms with Gasteiger partial charge >= 0.3 is 5.97 Å². The van der Waals surface area contributed by atoms with Gasteiger partial charge in [-0.1, -0.05) is 50.2 Å². The van der Waals surface area contributed by atoms with Crippen molar-refractivity contribution in [3.05, 3.63) is 59.7 Å². The van der Waals surface area contributed by atoms with Crippen molar-refractivity contribution < 1.29 is 23.8 Å². The summed E-state index contributed by atoms with van der Waals surface area (Å²) in [5, 5.41) is 0. The predicted octanol–water partition coefficient (Wildman–Crippen LogP) is 3.77. The highest BCUT2D eigenvalue weighted by Gasteiger charge is 2.29. The molecule has 0 amide bonds. The molecule has 0 saturated heterocycles. The molecule has 1 heterocycles. The zero-order chi connectivity index (χ0) is 18.5. The van der Waals surface area contributed by atoms with Crippen LogP contribution in [-0.2, 0) is 9.53 Å². The van der Waals surface area contributed by atoms with Gasteiger partial charge in [-0.3, -0.25) is 4.79 Å². The number of hydrogen-bond donors (Lipinski definition) is 0. The molecule has 0 fully saturated rings. The molecule has 1 aliphatic heterocycles. The average Bonchev–Trinajstić information content (AvgIpc) is 2.70. The number of ketones is 1. The van der Waals surface area contributed by atoms with E-state index in [-0.39, 0.29) is 19.0 Å². The van der Waals surface area contributed by atoms with Crippen LogP contribution in [0.1, 0.15) is 42.1 Å². The van der Waals surface area contributed by atoms with Crippen LogP contribution in [0.5, 0.6) is 11.5 Å². The molecule has 0 unspecified atom stereocenters. The third-order valence-corrected chi connectivity index (χ3v) is 4.53. The lowest BCUT2D eigenvalue weighted by Crippen LogP contribution is -2.38. The molecule has 0 aromatic heterocycles. The Kier molecular flexibility index (Phi) is 5.56. The molecule has 1 aliphatic rings. The van der Waals surface area contributed by atoms with E-state index in [0.717, 1.165) is 6.42 Å². The van der Waals surface area contributed by atoms with Gasteiger partial charge in [0.2, 0.25) is 6.10 Å². The van der Waals surface area contributed by atoms with E-state index in [2.05, 4.69) is 13.8 Å². The zero-order valence-electron chi connectivity index (χ0n) is 14.9. The number of esters is 1. The molecule has 0 saturated carbocycles. The highest BCUT2D eigenvalue weighted by Crippen LogP contribution is 2.31. The topological polar surface area (TPSA) is 61.8 Å². The molecular weight excluding hydrogens is 332 g/mol. The lowest BCUT2D eigenvalue weighted by atomic mass is 9.97. The maximum absolute atomic E-state index is 12.2. The highest BCUT2D eigenvalue weighted by atomic mass is 16.6. The Morgan fingerprint density at radius 2 is 1.81 bits per heavy atom. The Balaban J connectivity index is 1.54. The van der Waals surface area contributed by atoms with Gasteiger partial charge in [-0.05, 0) is 30.0 Å². The summed E-state index contributed by atoms with van der Waals surface area (Å²) in [6.07, 6.45) is 0.169. The molecule has 0 N–H and O–H groups in total. The van der Waals surface area contributed by atoms with Gasteiger partial charge < -0.3 is 14.2 Å². The fourth-order valence-electron chi connectivity index (χ4n) is 2.68. The largest absolute Gasteiger partial charge is 0.485 e. The average molecular weight is 354 g/mol. The molecular formula is C21H22O5. The second-order valence-electron chi connectivity index (χ2n) is 6.33. The quantitative estimate of drug-likeness (QED) is 0.584. The van der Waals surface area contributed by atoms with Crippen molar-refractivity contribution in [1.82, 2.24) is 0 Å². The second-order valence-corrected chi connectivity index (χ2v) is 6.33. The lowest BCUT2D eigenvalue weighted by Gasteiger charge is -2.24. The number of benzene rings is 2. The molecule has 5 heteroatoms. The molecule has 2 aromatic rings. The standard InChI is InChI=1S/C21H22O5/c1-3-14(2)15-8-10-16(11-9-15)17(22)12-25-21(23)20-13-24-18-6-4-5-7-19(18)26-20/h4-11,14,20H,3,12-13H2,1-2H3/t14-,20-/m1/s1. The predicted molar refractivity (Wildman–Crippen MR) is 96.8 cm³/mol. The second kappa shape index (κ2) is 8.04. The number of carbonyl (C=O) groups excluding carboxylic acids is 2. The Hall–Kier alpha value is -2.82. The van der Waals surface area contributed by atoms with Gasteiger partial charge in [-0.25, -0.2) is 4.79 Å². The van der Waals surface area contributed by atoms with Crippen molar-refractivity contribution in [1.29, 1.82) is 0 Å². The van der Waals surface area contributed by atoms with Crippen molar-refractivity contribution in [3.63, 3.8) is 0 Å². The SMILES string of the molecule is CC[C@@H](C)c1ccc(C(=O)COC(=O)[C@H]2COc3ccccc3O2)cc1. The summed E-state index contributed by atoms with van der Waals surface area (Å²) in [7, 11) is 0. The molecule has 26 heavy (non-hydrogen) atoms. The summed E-state index contributed by atoms with van der Waals surface area (Å²) < 4.78 is 16.2. The molecule has 3 rings (SSSR count). The van der Waals surface area contributed by atoms with Crippen molar-refractivity contribution in [2.24, 2.45) is 0 Å². The third kappa shape index (κ3) is 4.04. The van der Waals surface area contributed by atoms with Gasteiger partial charge in [-0.2, -0.15) is 0 Å². The number of para-hydroxylation sites is 2. The van der Waals surface area contributed by atoms with Crippen LogP contribution in [0.2, 0.25) is 0 Å². The van der Waals surface area contributed by atoms with Crippen LogP contribution in [0.15, 0.2) is 48.5 Å². The van der Waals surface area contributed by atoms with Crippen molar-refractivity contribution in [3.8, 4) is 11.5 Å². The lowest BCUT2D eigenvalue weighted by molar-refractivity contribution is -0.153. The molecule has 2 atom stereocenters. The maximum Gasteiger partial charge on any atom is 0.351 e. The van der Waals surface area contributed by atoms with Crippen molar-refractivity contribution in [2.75, 3.05) is 13.2 Å². The first-order valence-corrected chi connectivity index (χ1v) is 8.76. The molecule has 136 valence electrons. The molecule has 0 bridgehead atoms. The number of Topliss-reactive ketones (excluding diaryl/α,β-unsaturated/α-hetero) is 1. The molecule has 0 aliphatic carbocycles. The van der Waals surface area contributed by atoms with Crippen LogP contribution in [0, 0.1) is 0 Å². The summed E-state index contributed by atoms with van der Waals surface area (Å²) in [6.45, 7) is 4.01. The van der Waals surface area contributed by atoms with Gasteiger partial charge in [0.15, 0.2) is 23.9 Å². The first-order chi connectivity index (χ1) is 12.6. The number of rotatable bonds is 6. The van der Waals surface area contributed by atoms with Crippen LogP contribution >= 0.6 is 0 Å². The van der Waals surface area contributed by atoms with E-state index in [1.165, 1.54) is 5.56 Å². The Morgan fingerprint density at radius 1 is 1.12 bits per heavy atom. The third-order valence-electron chi connectivity index (χ3n) is 4.53. The molecule has 0 radical (unpaired) electrons. The van der Waals surface area contributed by atoms with E-state index in [1.807, 2.05) is 18.2 Å². The van der Waals surface area contributed by atoms with Crippen molar-refractivity contribution in [2.45, 2.75) is 32.3 Å². The minimum Gasteiger partial charge on any atom is -0.485 e. The van der Waals surface area contributed by atoms with Gasteiger partial charge in [0, 0.05) is 5.56 Å². The van der Waals surface area contributed by atoms with E-state index in [0.29, 0.717) is 23.0 Å². The molecule has 0 spiro atoms. The van der Waals surface area contributed by atoms with E-state index >= 15 is 0 Å². The number of fused-ring (bicyclic) bond motifs is 1. The van der Waals surface area contributed by atoms with Crippen LogP contribution in [0.4, 0.5) is 0 Å². The summed E-state index contributed by atoms with van der Waals surface area (Å²) in [6, 6.07) is 14.5. The fourth-order valence-corrected chi connectivity index (χ4v) is 2.68. The summed E-state index contributed by atoms with van der Waals surface area (Å²) in [4.78, 5) is 24.4. The first-order valence-electron chi connectivity index (χ1n) is 8.76. The highest BCUT2D eigenvalue weighted by molar-refractivity contribution is 5.98. The van der Waals surface area contributed by atoms with E-state index in [1.54, 1.807) is 30.3 Å². The Morgan fingerprint density at radius 3 is 2.50 bits per heavy atom. The van der Waals surface area contributed by atoms with Crippen LogP contribution in [-0.4, -0.2) is 31.1 Å². The minimum absolute atomic E-state index is 0.0631. The summed E-state index contributed by atoms with van der Waals surface area (Å²) in [5.41, 5.74) is 1.71. The smallest absolute Gasteiger partial charge is 0.351 e. The number of ether oxygens (including phenoxy) is 3. The van der Waals surface area contributed by atoms with Gasteiger partial charge in [0.25, 0.3) is 0 Å². The van der Waals surface area contributed by atoms with E-state index in [4.69, 9.17) is 14.2 Å². The summed E-state index contributed by atoms with van der Waals surface area (Å²) >= 11 is 0. The van der Waals surface area contributed by atoms with Gasteiger partial charge in [0.05, 0.1) is 0 Å². The fraction of sp³-hybridized carbons (Fsp3) is 0.333. The Bertz CT molecular complexity index is 781. The monoisotopic (exact) mass is 354 g/mol. The van der Waals surface area contributed by atoms with Gasteiger partial charge in [0.1, 0.15) is 6.61 Å². The van der Waals surface area contributed by atoms with E-state index in [9.17, 15) is 9.59 Å². The number of hydrogen-bond acceptors (Lipinski definition) is 5. The van der Waals surface area contributed by atoms with Gasteiger partial charge in [-0.15, -0.1) is 0 Å². The summed E-state index contributed by atoms with van der Waals surface area (Å²) in [5.74, 6) is 0.681. The number of carbonyl (C=O) groups is 2. The van der Waals surface area contributed by atoms with Crippen LogP contribution in [0.25, 0.3) is 0 Å². The normalized spacial score (nSPS) is 16.6. The maximum atomic E-state index is 12.2. The molecule has 2 aromatic carbocycles. The zero-order valence-corrected chi connectivity index (χ0v) is 14.9. The van der Waals surface area contributed by atoms with Crippen LogP contribution in [0.3, 0.4) is 0 Å². The first kappa shape index (κ1) is 18.0. The minimum atomic E-state index is -0.870. The van der Waals surface area contributed by atoms with Crippen molar-refractivity contribution >= 4 is 11.8 Å².